The summed E-state index contributed by atoms with van der Waals surface area (Å²) in [5.41, 5.74) is 3.87. The van der Waals surface area contributed by atoms with E-state index in [4.69, 9.17) is 5.84 Å². The van der Waals surface area contributed by atoms with Gasteiger partial charge >= 0.3 is 0 Å². The summed E-state index contributed by atoms with van der Waals surface area (Å²) in [4.78, 5) is 16.5. The molecule has 1 aromatic rings. The fourth-order valence-electron chi connectivity index (χ4n) is 2.92. The first-order valence-corrected chi connectivity index (χ1v) is 7.36. The van der Waals surface area contributed by atoms with Crippen molar-refractivity contribution in [1.29, 1.82) is 0 Å². The zero-order chi connectivity index (χ0) is 14.5. The molecule has 1 aliphatic rings. The summed E-state index contributed by atoms with van der Waals surface area (Å²) in [6.45, 7) is 3.95. The summed E-state index contributed by atoms with van der Waals surface area (Å²) in [5, 5.41) is 3.11. The molecular formula is C15H24N4O. The Morgan fingerprint density at radius 2 is 2.05 bits per heavy atom. The Balaban J connectivity index is 2.01. The maximum atomic E-state index is 12.3. The first-order valence-electron chi connectivity index (χ1n) is 7.36. The predicted octanol–water partition coefficient (Wildman–Crippen LogP) is 2.37. The Labute approximate surface area is 120 Å². The molecule has 1 atom stereocenters. The molecule has 0 radical (unpaired) electrons. The molecule has 0 saturated heterocycles. The van der Waals surface area contributed by atoms with Gasteiger partial charge in [-0.1, -0.05) is 19.3 Å². The smallest absolute Gasteiger partial charge is 0.251 e. The molecule has 0 spiro atoms. The van der Waals surface area contributed by atoms with Crippen LogP contribution in [0.4, 0.5) is 5.82 Å². The number of nitrogen functional groups attached to an aromatic ring is 1. The number of nitrogens with two attached hydrogens (primary N) is 1. The number of hydrogen-bond donors (Lipinski definition) is 3. The molecule has 1 saturated carbocycles. The Morgan fingerprint density at radius 1 is 1.35 bits per heavy atom. The molecule has 0 aromatic carbocycles. The lowest BCUT2D eigenvalue weighted by Gasteiger charge is -2.28. The molecular weight excluding hydrogens is 252 g/mol. The van der Waals surface area contributed by atoms with Crippen LogP contribution in [-0.2, 0) is 0 Å². The molecule has 1 fully saturated rings. The summed E-state index contributed by atoms with van der Waals surface area (Å²) in [7, 11) is 0. The number of pyridine rings is 1. The topological polar surface area (TPSA) is 80.0 Å². The fourth-order valence-corrected chi connectivity index (χ4v) is 2.92. The third-order valence-corrected chi connectivity index (χ3v) is 4.08. The number of carbonyl (C=O) groups excluding carboxylic acids is 1. The predicted molar refractivity (Wildman–Crippen MR) is 80.3 cm³/mol. The van der Waals surface area contributed by atoms with E-state index in [9.17, 15) is 4.79 Å². The summed E-state index contributed by atoms with van der Waals surface area (Å²) >= 11 is 0. The second-order valence-electron chi connectivity index (χ2n) is 5.69. The first kappa shape index (κ1) is 14.8. The zero-order valence-corrected chi connectivity index (χ0v) is 12.3. The van der Waals surface area contributed by atoms with E-state index in [0.29, 0.717) is 17.3 Å². The number of aryl methyl sites for hydroxylation is 1. The van der Waals surface area contributed by atoms with Gasteiger partial charge in [-0.3, -0.25) is 4.79 Å². The van der Waals surface area contributed by atoms with Crippen LogP contribution >= 0.6 is 0 Å². The summed E-state index contributed by atoms with van der Waals surface area (Å²) < 4.78 is 0. The third kappa shape index (κ3) is 3.70. The highest BCUT2D eigenvalue weighted by molar-refractivity contribution is 5.95. The van der Waals surface area contributed by atoms with E-state index in [1.165, 1.54) is 32.1 Å². The lowest BCUT2D eigenvalue weighted by molar-refractivity contribution is 0.0919. The largest absolute Gasteiger partial charge is 0.349 e. The number of nitrogens with zero attached hydrogens (tertiary/aromatic N) is 1. The zero-order valence-electron chi connectivity index (χ0n) is 12.3. The molecule has 1 heterocycles. The van der Waals surface area contributed by atoms with Gasteiger partial charge in [-0.15, -0.1) is 0 Å². The van der Waals surface area contributed by atoms with Crippen molar-refractivity contribution < 1.29 is 4.79 Å². The molecule has 5 nitrogen and oxygen atoms in total. The van der Waals surface area contributed by atoms with Crippen molar-refractivity contribution in [3.63, 3.8) is 0 Å². The number of amides is 1. The van der Waals surface area contributed by atoms with E-state index in [1.54, 1.807) is 12.1 Å². The number of hydrazine groups is 1. The van der Waals surface area contributed by atoms with Gasteiger partial charge < -0.3 is 10.7 Å². The van der Waals surface area contributed by atoms with Crippen LogP contribution in [0.2, 0.25) is 0 Å². The third-order valence-electron chi connectivity index (χ3n) is 4.08. The van der Waals surface area contributed by atoms with Crippen LogP contribution in [0.5, 0.6) is 0 Å². The van der Waals surface area contributed by atoms with Crippen LogP contribution in [0.25, 0.3) is 0 Å². The number of anilines is 1. The van der Waals surface area contributed by atoms with Gasteiger partial charge in [-0.05, 0) is 44.7 Å². The van der Waals surface area contributed by atoms with Crippen LogP contribution in [-0.4, -0.2) is 16.9 Å². The van der Waals surface area contributed by atoms with E-state index < -0.39 is 0 Å². The lowest BCUT2D eigenvalue weighted by Crippen LogP contribution is -2.39. The summed E-state index contributed by atoms with van der Waals surface area (Å²) in [5.74, 6) is 6.42. The van der Waals surface area contributed by atoms with Crippen molar-refractivity contribution in [2.24, 2.45) is 11.8 Å². The molecule has 110 valence electrons. The molecule has 2 rings (SSSR count). The van der Waals surface area contributed by atoms with Gasteiger partial charge in [0.15, 0.2) is 0 Å². The SMILES string of the molecule is Cc1cc(C(=O)NC(C)C2CCCCC2)cc(NN)n1. The first-order chi connectivity index (χ1) is 9.60. The van der Waals surface area contributed by atoms with Gasteiger partial charge in [0.05, 0.1) is 0 Å². The molecule has 20 heavy (non-hydrogen) atoms. The Morgan fingerprint density at radius 3 is 2.70 bits per heavy atom. The van der Waals surface area contributed by atoms with E-state index in [0.717, 1.165) is 5.69 Å². The minimum atomic E-state index is -0.0509. The second kappa shape index (κ2) is 6.70. The van der Waals surface area contributed by atoms with E-state index in [1.807, 2.05) is 6.92 Å². The number of rotatable bonds is 4. The Hall–Kier alpha value is -1.62. The quantitative estimate of drug-likeness (QED) is 0.582. The highest BCUT2D eigenvalue weighted by Gasteiger charge is 2.22. The molecule has 0 bridgehead atoms. The maximum absolute atomic E-state index is 12.3. The molecule has 1 aromatic heterocycles. The average molecular weight is 276 g/mol. The average Bonchev–Trinajstić information content (AvgIpc) is 2.47. The highest BCUT2D eigenvalue weighted by atomic mass is 16.1. The van der Waals surface area contributed by atoms with Crippen LogP contribution in [0.3, 0.4) is 0 Å². The van der Waals surface area contributed by atoms with Crippen molar-refractivity contribution in [3.05, 3.63) is 23.4 Å². The van der Waals surface area contributed by atoms with Crippen molar-refractivity contribution in [2.75, 3.05) is 5.43 Å². The summed E-state index contributed by atoms with van der Waals surface area (Å²) in [6.07, 6.45) is 6.31. The number of nitrogens with one attached hydrogen (secondary N) is 2. The normalized spacial score (nSPS) is 17.6. The van der Waals surface area contributed by atoms with Gasteiger partial charge in [0, 0.05) is 17.3 Å². The van der Waals surface area contributed by atoms with Crippen molar-refractivity contribution in [2.45, 2.75) is 52.0 Å². The maximum Gasteiger partial charge on any atom is 0.251 e. The Kier molecular flexibility index (Phi) is 4.95. The van der Waals surface area contributed by atoms with Gasteiger partial charge in [0.1, 0.15) is 5.82 Å². The number of carbonyl (C=O) groups is 1. The van der Waals surface area contributed by atoms with Gasteiger partial charge in [-0.2, -0.15) is 0 Å². The highest BCUT2D eigenvalue weighted by Crippen LogP contribution is 2.26. The van der Waals surface area contributed by atoms with Crippen LogP contribution < -0.4 is 16.6 Å². The standard InChI is InChI=1S/C15H24N4O/c1-10-8-13(9-14(17-10)19-16)15(20)18-11(2)12-6-4-3-5-7-12/h8-9,11-12H,3-7,16H2,1-2H3,(H,17,19)(H,18,20). The van der Waals surface area contributed by atoms with Crippen LogP contribution in [0.1, 0.15) is 55.1 Å². The minimum Gasteiger partial charge on any atom is -0.349 e. The molecule has 1 aliphatic carbocycles. The molecule has 5 heteroatoms. The molecule has 0 aliphatic heterocycles. The van der Waals surface area contributed by atoms with Crippen LogP contribution in [0, 0.1) is 12.8 Å². The van der Waals surface area contributed by atoms with E-state index in [2.05, 4.69) is 22.7 Å². The fraction of sp³-hybridized carbons (Fsp3) is 0.600. The van der Waals surface area contributed by atoms with Gasteiger partial charge in [0.2, 0.25) is 0 Å². The molecule has 4 N–H and O–H groups in total. The lowest BCUT2D eigenvalue weighted by atomic mass is 9.84. The van der Waals surface area contributed by atoms with E-state index in [-0.39, 0.29) is 11.9 Å². The van der Waals surface area contributed by atoms with Crippen LogP contribution in [0.15, 0.2) is 12.1 Å². The van der Waals surface area contributed by atoms with Crippen molar-refractivity contribution in [1.82, 2.24) is 10.3 Å². The second-order valence-corrected chi connectivity index (χ2v) is 5.69. The summed E-state index contributed by atoms with van der Waals surface area (Å²) in [6, 6.07) is 3.67. The van der Waals surface area contributed by atoms with Gasteiger partial charge in [0.25, 0.3) is 5.91 Å². The minimum absolute atomic E-state index is 0.0509. The number of hydrogen-bond acceptors (Lipinski definition) is 4. The van der Waals surface area contributed by atoms with E-state index >= 15 is 0 Å². The van der Waals surface area contributed by atoms with Crippen molar-refractivity contribution in [3.8, 4) is 0 Å². The molecule has 1 unspecified atom stereocenters. The monoisotopic (exact) mass is 276 g/mol. The number of aromatic nitrogens is 1. The van der Waals surface area contributed by atoms with Gasteiger partial charge in [-0.25, -0.2) is 10.8 Å². The molecule has 1 amide bonds. The Bertz CT molecular complexity index is 469. The van der Waals surface area contributed by atoms with Crippen molar-refractivity contribution >= 4 is 11.7 Å².